The molecular weight excluding hydrogens is 241 g/mol. The molecule has 58 valence electrons. The van der Waals surface area contributed by atoms with E-state index in [9.17, 15) is 0 Å². The first kappa shape index (κ1) is 8.49. The maximum atomic E-state index is 5.23. The first-order valence-electron chi connectivity index (χ1n) is 3.41. The lowest BCUT2D eigenvalue weighted by molar-refractivity contribution is 0.106. The van der Waals surface area contributed by atoms with Gasteiger partial charge < -0.3 is 10.1 Å². The van der Waals surface area contributed by atoms with Crippen LogP contribution in [0.3, 0.4) is 0 Å². The summed E-state index contributed by atoms with van der Waals surface area (Å²) < 4.78 is 6.63. The number of nitrogens with one attached hydrogen (secondary N) is 1. The molecule has 10 heavy (non-hydrogen) atoms. The van der Waals surface area contributed by atoms with Crippen LogP contribution in [0.4, 0.5) is 0 Å². The Morgan fingerprint density at radius 2 is 2.60 bits per heavy atom. The van der Waals surface area contributed by atoms with Gasteiger partial charge in [-0.05, 0) is 26.2 Å². The molecule has 0 aromatic carbocycles. The van der Waals surface area contributed by atoms with Crippen LogP contribution in [-0.4, -0.2) is 26.3 Å². The number of hydrogen-bond donors (Lipinski definition) is 1. The van der Waals surface area contributed by atoms with Gasteiger partial charge in [0, 0.05) is 26.6 Å². The van der Waals surface area contributed by atoms with Crippen LogP contribution in [0.25, 0.3) is 0 Å². The summed E-state index contributed by atoms with van der Waals surface area (Å²) >= 11 is 2.36. The lowest BCUT2D eigenvalue weighted by Crippen LogP contribution is -2.26. The van der Waals surface area contributed by atoms with E-state index in [4.69, 9.17) is 4.74 Å². The predicted molar refractivity (Wildman–Crippen MR) is 50.4 cm³/mol. The molecule has 0 aliphatic carbocycles. The second-order valence-electron chi connectivity index (χ2n) is 2.37. The van der Waals surface area contributed by atoms with Gasteiger partial charge in [0.2, 0.25) is 0 Å². The second-order valence-corrected chi connectivity index (χ2v) is 3.76. The molecule has 1 rings (SSSR count). The molecule has 0 saturated heterocycles. The van der Waals surface area contributed by atoms with Crippen LogP contribution in [0.2, 0.25) is 0 Å². The van der Waals surface area contributed by atoms with Crippen molar-refractivity contribution in [1.82, 2.24) is 5.32 Å². The van der Waals surface area contributed by atoms with Crippen molar-refractivity contribution in [3.05, 3.63) is 9.66 Å². The third-order valence-electron chi connectivity index (χ3n) is 1.60. The zero-order chi connectivity index (χ0) is 7.40. The average Bonchev–Trinajstić information content (AvgIpc) is 2.13. The Morgan fingerprint density at radius 3 is 3.30 bits per heavy atom. The highest BCUT2D eigenvalue weighted by Crippen LogP contribution is 2.16. The maximum Gasteiger partial charge on any atom is 0.0740 e. The van der Waals surface area contributed by atoms with E-state index in [0.717, 1.165) is 19.5 Å². The molecule has 0 unspecified atom stereocenters. The largest absolute Gasteiger partial charge is 0.380 e. The van der Waals surface area contributed by atoms with Crippen molar-refractivity contribution in [1.29, 1.82) is 0 Å². The Bertz CT molecular complexity index is 136. The Hall–Kier alpha value is 0.390. The van der Waals surface area contributed by atoms with Gasteiger partial charge in [-0.2, -0.15) is 0 Å². The topological polar surface area (TPSA) is 21.3 Å². The average molecular weight is 253 g/mol. The van der Waals surface area contributed by atoms with Gasteiger partial charge in [0.25, 0.3) is 0 Å². The van der Waals surface area contributed by atoms with Gasteiger partial charge in [-0.3, -0.25) is 0 Å². The van der Waals surface area contributed by atoms with Gasteiger partial charge in [-0.25, -0.2) is 0 Å². The fourth-order valence-electron chi connectivity index (χ4n) is 0.967. The van der Waals surface area contributed by atoms with Crippen molar-refractivity contribution in [2.24, 2.45) is 0 Å². The summed E-state index contributed by atoms with van der Waals surface area (Å²) in [6.07, 6.45) is 3.63. The van der Waals surface area contributed by atoms with E-state index in [-0.39, 0.29) is 0 Å². The number of rotatable bonds is 1. The van der Waals surface area contributed by atoms with Crippen molar-refractivity contribution in [2.45, 2.75) is 12.5 Å². The van der Waals surface area contributed by atoms with E-state index < -0.39 is 0 Å². The fraction of sp³-hybridized carbons (Fsp3) is 0.714. The zero-order valence-corrected chi connectivity index (χ0v) is 8.22. The van der Waals surface area contributed by atoms with Crippen molar-refractivity contribution in [3.63, 3.8) is 0 Å². The van der Waals surface area contributed by atoms with Crippen molar-refractivity contribution in [3.8, 4) is 0 Å². The smallest absolute Gasteiger partial charge is 0.0740 e. The van der Waals surface area contributed by atoms with Crippen molar-refractivity contribution < 1.29 is 4.74 Å². The summed E-state index contributed by atoms with van der Waals surface area (Å²) in [4.78, 5) is 0. The third kappa shape index (κ3) is 2.56. The summed E-state index contributed by atoms with van der Waals surface area (Å²) in [6, 6.07) is 0. The summed E-state index contributed by atoms with van der Waals surface area (Å²) in [5.74, 6) is 0. The van der Waals surface area contributed by atoms with E-state index in [2.05, 4.69) is 34.0 Å². The molecule has 0 aromatic rings. The molecule has 0 radical (unpaired) electrons. The number of ether oxygens (including phenoxy) is 1. The minimum Gasteiger partial charge on any atom is -0.380 e. The Labute approximate surface area is 75.2 Å². The van der Waals surface area contributed by atoms with Gasteiger partial charge in [-0.1, -0.05) is 6.08 Å². The van der Waals surface area contributed by atoms with E-state index in [1.807, 2.05) is 0 Å². The normalized spacial score (nSPS) is 27.4. The molecule has 2 nitrogen and oxygen atoms in total. The molecule has 1 aliphatic heterocycles. The van der Waals surface area contributed by atoms with Gasteiger partial charge >= 0.3 is 0 Å². The van der Waals surface area contributed by atoms with Gasteiger partial charge in [0.15, 0.2) is 0 Å². The molecule has 0 fully saturated rings. The van der Waals surface area contributed by atoms with E-state index in [1.54, 1.807) is 7.11 Å². The van der Waals surface area contributed by atoms with Crippen LogP contribution in [0.1, 0.15) is 6.42 Å². The second kappa shape index (κ2) is 4.31. The Kier molecular flexibility index (Phi) is 3.65. The third-order valence-corrected chi connectivity index (χ3v) is 2.48. The van der Waals surface area contributed by atoms with Crippen LogP contribution < -0.4 is 5.32 Å². The van der Waals surface area contributed by atoms with Gasteiger partial charge in [-0.15, -0.1) is 0 Å². The van der Waals surface area contributed by atoms with Gasteiger partial charge in [0.1, 0.15) is 0 Å². The number of methoxy groups -OCH3 is 1. The molecule has 0 amide bonds. The molecule has 1 heterocycles. The molecule has 1 N–H and O–H groups in total. The first-order chi connectivity index (χ1) is 4.83. The Balaban J connectivity index is 2.43. The summed E-state index contributed by atoms with van der Waals surface area (Å²) in [6.45, 7) is 1.96. The van der Waals surface area contributed by atoms with Crippen LogP contribution in [0, 0.1) is 0 Å². The molecule has 1 aliphatic rings. The van der Waals surface area contributed by atoms with E-state index in [0.29, 0.717) is 6.10 Å². The van der Waals surface area contributed by atoms with Crippen LogP contribution in [0.15, 0.2) is 9.66 Å². The minimum atomic E-state index is 0.366. The predicted octanol–water partition coefficient (Wildman–Crippen LogP) is 1.31. The Morgan fingerprint density at radius 1 is 1.80 bits per heavy atom. The molecular formula is C7H12INO. The molecule has 0 saturated carbocycles. The van der Waals surface area contributed by atoms with E-state index >= 15 is 0 Å². The summed E-state index contributed by atoms with van der Waals surface area (Å²) in [5, 5.41) is 3.27. The number of halogens is 1. The quantitative estimate of drug-likeness (QED) is 0.711. The monoisotopic (exact) mass is 253 g/mol. The highest BCUT2D eigenvalue weighted by Gasteiger charge is 2.10. The minimum absolute atomic E-state index is 0.366. The highest BCUT2D eigenvalue weighted by atomic mass is 127. The van der Waals surface area contributed by atoms with Crippen LogP contribution in [-0.2, 0) is 4.74 Å². The standard InChI is InChI=1S/C7H12INO/c1-10-7-4-6(8)2-3-9-5-7/h2,7,9H,3-5H2,1H3/t7-/m0/s1. The lowest BCUT2D eigenvalue weighted by Gasteiger charge is -2.11. The molecule has 1 atom stereocenters. The maximum absolute atomic E-state index is 5.23. The first-order valence-corrected chi connectivity index (χ1v) is 4.49. The highest BCUT2D eigenvalue weighted by molar-refractivity contribution is 14.1. The van der Waals surface area contributed by atoms with Crippen LogP contribution in [0.5, 0.6) is 0 Å². The zero-order valence-electron chi connectivity index (χ0n) is 6.06. The SMILES string of the molecule is CO[C@@H]1CNCC=C(I)C1. The fourth-order valence-corrected chi connectivity index (χ4v) is 1.68. The molecule has 0 aromatic heterocycles. The van der Waals surface area contributed by atoms with Crippen LogP contribution >= 0.6 is 22.6 Å². The van der Waals surface area contributed by atoms with E-state index in [1.165, 1.54) is 3.58 Å². The summed E-state index contributed by atoms with van der Waals surface area (Å²) in [5.41, 5.74) is 0. The molecule has 0 bridgehead atoms. The number of hydrogen-bond acceptors (Lipinski definition) is 2. The summed E-state index contributed by atoms with van der Waals surface area (Å²) in [7, 11) is 1.77. The van der Waals surface area contributed by atoms with Crippen molar-refractivity contribution in [2.75, 3.05) is 20.2 Å². The van der Waals surface area contributed by atoms with Crippen molar-refractivity contribution >= 4 is 22.6 Å². The van der Waals surface area contributed by atoms with Gasteiger partial charge in [0.05, 0.1) is 6.10 Å². The lowest BCUT2D eigenvalue weighted by atomic mass is 10.2. The molecule has 3 heteroatoms. The molecule has 0 spiro atoms.